The second-order valence-electron chi connectivity index (χ2n) is 6.07. The van der Waals surface area contributed by atoms with Gasteiger partial charge in [0.15, 0.2) is 0 Å². The normalized spacial score (nSPS) is 14.0. The molecule has 1 aromatic carbocycles. The average Bonchev–Trinajstić information content (AvgIpc) is 3.40. The van der Waals surface area contributed by atoms with Crippen molar-refractivity contribution in [2.75, 3.05) is 31.6 Å². The highest BCUT2D eigenvalue weighted by Gasteiger charge is 2.27. The number of nitrogens with one attached hydrogen (secondary N) is 2. The van der Waals surface area contributed by atoms with Crippen molar-refractivity contribution in [3.63, 3.8) is 0 Å². The lowest BCUT2D eigenvalue weighted by Crippen LogP contribution is -2.25. The number of carboxylic acids is 1. The summed E-state index contributed by atoms with van der Waals surface area (Å²) in [6.07, 6.45) is 3.35. The highest BCUT2D eigenvalue weighted by molar-refractivity contribution is 6.34. The van der Waals surface area contributed by atoms with Gasteiger partial charge in [-0.25, -0.2) is 4.79 Å². The number of halogens is 1. The minimum absolute atomic E-state index is 0.0649. The number of carboxylic acid groups (broad SMARTS) is 1. The molecular weight excluding hydrogens is 346 g/mol. The van der Waals surface area contributed by atoms with Crippen LogP contribution in [0.5, 0.6) is 0 Å². The van der Waals surface area contributed by atoms with E-state index in [2.05, 4.69) is 10.6 Å². The summed E-state index contributed by atoms with van der Waals surface area (Å²) in [7, 11) is 0. The molecule has 0 amide bonds. The summed E-state index contributed by atoms with van der Waals surface area (Å²) in [6, 6.07) is 3.56. The molecule has 1 heterocycles. The number of aromatic carboxylic acids is 1. The quantitative estimate of drug-likeness (QED) is 0.531. The predicted octanol–water partition coefficient (Wildman–Crippen LogP) is 1.68. The molecular formula is C17H20ClN3O4. The lowest BCUT2D eigenvalue weighted by atomic mass is 10.1. The molecule has 3 rings (SSSR count). The fraction of sp³-hybridized carbons (Fsp3) is 0.412. The first kappa shape index (κ1) is 17.7. The van der Waals surface area contributed by atoms with Crippen LogP contribution in [0.2, 0.25) is 5.02 Å². The van der Waals surface area contributed by atoms with Crippen LogP contribution in [0, 0.1) is 0 Å². The molecule has 0 saturated heterocycles. The summed E-state index contributed by atoms with van der Waals surface area (Å²) in [5, 5.41) is 25.0. The summed E-state index contributed by atoms with van der Waals surface area (Å²) >= 11 is 6.34. The van der Waals surface area contributed by atoms with Gasteiger partial charge in [-0.3, -0.25) is 4.79 Å². The first-order chi connectivity index (χ1) is 12.0. The topological polar surface area (TPSA) is 104 Å². The molecule has 0 bridgehead atoms. The number of rotatable bonds is 8. The van der Waals surface area contributed by atoms with Gasteiger partial charge in [0.1, 0.15) is 5.56 Å². The summed E-state index contributed by atoms with van der Waals surface area (Å²) in [5.74, 6) is -1.22. The highest BCUT2D eigenvalue weighted by atomic mass is 35.5. The van der Waals surface area contributed by atoms with Gasteiger partial charge in [0.25, 0.3) is 0 Å². The molecule has 0 spiro atoms. The number of fused-ring (bicyclic) bond motifs is 1. The van der Waals surface area contributed by atoms with Crippen molar-refractivity contribution >= 4 is 34.2 Å². The molecule has 1 saturated carbocycles. The minimum Gasteiger partial charge on any atom is -0.477 e. The van der Waals surface area contributed by atoms with Crippen LogP contribution in [0.3, 0.4) is 0 Å². The van der Waals surface area contributed by atoms with E-state index in [0.29, 0.717) is 41.2 Å². The number of hydrogen-bond donors (Lipinski definition) is 4. The maximum Gasteiger partial charge on any atom is 0.341 e. The summed E-state index contributed by atoms with van der Waals surface area (Å²) < 4.78 is 1.85. The van der Waals surface area contributed by atoms with E-state index >= 15 is 0 Å². The van der Waals surface area contributed by atoms with Gasteiger partial charge < -0.3 is 25.4 Å². The van der Waals surface area contributed by atoms with Crippen LogP contribution in [0.15, 0.2) is 23.1 Å². The lowest BCUT2D eigenvalue weighted by Gasteiger charge is -2.15. The Labute approximate surface area is 149 Å². The fourth-order valence-electron chi connectivity index (χ4n) is 2.80. The zero-order valence-corrected chi connectivity index (χ0v) is 14.3. The third-order valence-electron chi connectivity index (χ3n) is 4.20. The molecule has 0 atom stereocenters. The van der Waals surface area contributed by atoms with E-state index in [1.807, 2.05) is 4.57 Å². The summed E-state index contributed by atoms with van der Waals surface area (Å²) in [5.41, 5.74) is 0.517. The maximum absolute atomic E-state index is 12.5. The molecule has 8 heteroatoms. The Morgan fingerprint density at radius 2 is 2.04 bits per heavy atom. The smallest absolute Gasteiger partial charge is 0.341 e. The van der Waals surface area contributed by atoms with Crippen molar-refractivity contribution in [1.29, 1.82) is 0 Å². The number of hydrogen-bond acceptors (Lipinski definition) is 5. The monoisotopic (exact) mass is 365 g/mol. The Hall–Kier alpha value is -2.09. The highest BCUT2D eigenvalue weighted by Crippen LogP contribution is 2.38. The van der Waals surface area contributed by atoms with Crippen LogP contribution in [-0.4, -0.2) is 47.0 Å². The molecule has 1 aliphatic rings. The number of nitrogens with zero attached hydrogens (tertiary/aromatic N) is 1. The molecule has 1 aromatic heterocycles. The van der Waals surface area contributed by atoms with Gasteiger partial charge in [0.2, 0.25) is 5.43 Å². The van der Waals surface area contributed by atoms with Crippen molar-refractivity contribution in [3.8, 4) is 0 Å². The van der Waals surface area contributed by atoms with Crippen LogP contribution in [0.4, 0.5) is 5.69 Å². The van der Waals surface area contributed by atoms with Gasteiger partial charge in [-0.05, 0) is 25.0 Å². The van der Waals surface area contributed by atoms with Gasteiger partial charge in [0.05, 0.1) is 22.8 Å². The molecule has 0 aliphatic heterocycles. The number of carbonyl (C=O) groups is 1. The second kappa shape index (κ2) is 7.43. The number of aliphatic hydroxyl groups is 1. The molecule has 0 radical (unpaired) electrons. The first-order valence-corrected chi connectivity index (χ1v) is 8.58. The molecule has 4 N–H and O–H groups in total. The van der Waals surface area contributed by atoms with Gasteiger partial charge in [-0.1, -0.05) is 11.6 Å². The van der Waals surface area contributed by atoms with Crippen molar-refractivity contribution < 1.29 is 15.0 Å². The van der Waals surface area contributed by atoms with E-state index < -0.39 is 11.4 Å². The van der Waals surface area contributed by atoms with Crippen molar-refractivity contribution in [3.05, 3.63) is 39.1 Å². The molecule has 1 fully saturated rings. The van der Waals surface area contributed by atoms with Gasteiger partial charge in [-0.15, -0.1) is 0 Å². The molecule has 0 unspecified atom stereocenters. The van der Waals surface area contributed by atoms with Crippen LogP contribution in [-0.2, 0) is 0 Å². The van der Waals surface area contributed by atoms with E-state index in [1.54, 1.807) is 12.1 Å². The van der Waals surface area contributed by atoms with Crippen molar-refractivity contribution in [2.24, 2.45) is 0 Å². The third-order valence-corrected chi connectivity index (χ3v) is 4.51. The third kappa shape index (κ3) is 3.78. The zero-order chi connectivity index (χ0) is 18.0. The molecule has 1 aliphatic carbocycles. The Balaban J connectivity index is 1.98. The standard InChI is InChI=1S/C17H20ClN3O4/c18-13-8-15-11(7-14(13)20-4-3-19-5-6-22)16(23)12(17(24)25)9-21(15)10-1-2-10/h7-10,19-20,22H,1-6H2,(H,24,25). The lowest BCUT2D eigenvalue weighted by molar-refractivity contribution is 0.0695. The Bertz CT molecular complexity index is 861. The van der Waals surface area contributed by atoms with Crippen LogP contribution < -0.4 is 16.1 Å². The van der Waals surface area contributed by atoms with E-state index in [9.17, 15) is 14.7 Å². The van der Waals surface area contributed by atoms with Gasteiger partial charge in [0, 0.05) is 37.3 Å². The number of benzene rings is 1. The molecule has 2 aromatic rings. The van der Waals surface area contributed by atoms with Gasteiger partial charge in [-0.2, -0.15) is 0 Å². The molecule has 134 valence electrons. The Morgan fingerprint density at radius 3 is 2.68 bits per heavy atom. The first-order valence-electron chi connectivity index (χ1n) is 8.20. The summed E-state index contributed by atoms with van der Waals surface area (Å²) in [4.78, 5) is 23.9. The maximum atomic E-state index is 12.5. The minimum atomic E-state index is -1.22. The van der Waals surface area contributed by atoms with Crippen LogP contribution in [0.1, 0.15) is 29.2 Å². The van der Waals surface area contributed by atoms with E-state index in [4.69, 9.17) is 16.7 Å². The molecule has 25 heavy (non-hydrogen) atoms. The largest absolute Gasteiger partial charge is 0.477 e. The number of aromatic nitrogens is 1. The second-order valence-corrected chi connectivity index (χ2v) is 6.47. The van der Waals surface area contributed by atoms with E-state index in [-0.39, 0.29) is 18.2 Å². The Kier molecular flexibility index (Phi) is 5.27. The average molecular weight is 366 g/mol. The fourth-order valence-corrected chi connectivity index (χ4v) is 3.03. The zero-order valence-electron chi connectivity index (χ0n) is 13.6. The Morgan fingerprint density at radius 1 is 1.28 bits per heavy atom. The van der Waals surface area contributed by atoms with Crippen LogP contribution >= 0.6 is 11.6 Å². The summed E-state index contributed by atoms with van der Waals surface area (Å²) in [6.45, 7) is 1.74. The number of aliphatic hydroxyl groups excluding tert-OH is 1. The van der Waals surface area contributed by atoms with Crippen LogP contribution in [0.25, 0.3) is 10.9 Å². The van der Waals surface area contributed by atoms with E-state index in [0.717, 1.165) is 12.8 Å². The SMILES string of the molecule is O=C(O)c1cn(C2CC2)c2cc(Cl)c(NCCNCCO)cc2c1=O. The van der Waals surface area contributed by atoms with Crippen molar-refractivity contribution in [2.45, 2.75) is 18.9 Å². The van der Waals surface area contributed by atoms with Gasteiger partial charge >= 0.3 is 5.97 Å². The number of pyridine rings is 1. The molecule has 7 nitrogen and oxygen atoms in total. The number of anilines is 1. The van der Waals surface area contributed by atoms with Crippen molar-refractivity contribution in [1.82, 2.24) is 9.88 Å². The predicted molar refractivity (Wildman–Crippen MR) is 96.9 cm³/mol. The van der Waals surface area contributed by atoms with E-state index in [1.165, 1.54) is 6.20 Å².